The Labute approximate surface area is 89.1 Å². The monoisotopic (exact) mass is 212 g/mol. The van der Waals surface area contributed by atoms with Gasteiger partial charge in [0.2, 0.25) is 0 Å². The van der Waals surface area contributed by atoms with Gasteiger partial charge >= 0.3 is 0 Å². The summed E-state index contributed by atoms with van der Waals surface area (Å²) < 4.78 is 13.0. The van der Waals surface area contributed by atoms with Gasteiger partial charge in [-0.05, 0) is 41.5 Å². The summed E-state index contributed by atoms with van der Waals surface area (Å²) in [7, 11) is 0. The van der Waals surface area contributed by atoms with Crippen molar-refractivity contribution in [2.75, 3.05) is 0 Å². The maximum atomic E-state index is 13.0. The van der Waals surface area contributed by atoms with Crippen LogP contribution in [-0.4, -0.2) is 0 Å². The van der Waals surface area contributed by atoms with Crippen molar-refractivity contribution < 1.29 is 4.39 Å². The first-order valence-electron chi connectivity index (χ1n) is 5.02. The fourth-order valence-electron chi connectivity index (χ4n) is 2.11. The van der Waals surface area contributed by atoms with Gasteiger partial charge in [0, 0.05) is 0 Å². The standard InChI is InChI=1S/C12H14ClF/c1-7-5-9-3-4-10(14)6-11(9)12(13)8(7)2/h3-4,6-8,12H,5H2,1-2H3. The van der Waals surface area contributed by atoms with Gasteiger partial charge in [0.1, 0.15) is 5.82 Å². The van der Waals surface area contributed by atoms with Gasteiger partial charge in [0.05, 0.1) is 5.38 Å². The third kappa shape index (κ3) is 1.54. The molecule has 0 fully saturated rings. The average molecular weight is 213 g/mol. The Morgan fingerprint density at radius 3 is 2.79 bits per heavy atom. The molecule has 3 unspecified atom stereocenters. The normalized spacial score (nSPS) is 31.3. The first kappa shape index (κ1) is 9.97. The van der Waals surface area contributed by atoms with E-state index in [4.69, 9.17) is 11.6 Å². The molecule has 1 aliphatic carbocycles. The fourth-order valence-corrected chi connectivity index (χ4v) is 2.56. The smallest absolute Gasteiger partial charge is 0.123 e. The lowest BCUT2D eigenvalue weighted by Crippen LogP contribution is -2.23. The molecule has 14 heavy (non-hydrogen) atoms. The van der Waals surface area contributed by atoms with Crippen LogP contribution in [0.4, 0.5) is 4.39 Å². The maximum Gasteiger partial charge on any atom is 0.123 e. The minimum atomic E-state index is -0.184. The minimum Gasteiger partial charge on any atom is -0.207 e. The van der Waals surface area contributed by atoms with Crippen LogP contribution >= 0.6 is 11.6 Å². The number of benzene rings is 1. The number of hydrogen-bond donors (Lipinski definition) is 0. The molecule has 0 nitrogen and oxygen atoms in total. The minimum absolute atomic E-state index is 0.0375. The van der Waals surface area contributed by atoms with Crippen LogP contribution in [0.1, 0.15) is 30.4 Å². The molecule has 0 saturated heterocycles. The van der Waals surface area contributed by atoms with Crippen molar-refractivity contribution in [3.63, 3.8) is 0 Å². The maximum absolute atomic E-state index is 13.0. The molecule has 0 aliphatic heterocycles. The molecule has 0 aromatic heterocycles. The van der Waals surface area contributed by atoms with Gasteiger partial charge < -0.3 is 0 Å². The summed E-state index contributed by atoms with van der Waals surface area (Å²) in [5, 5.41) is -0.0375. The van der Waals surface area contributed by atoms with E-state index in [2.05, 4.69) is 13.8 Å². The van der Waals surface area contributed by atoms with Gasteiger partial charge in [-0.3, -0.25) is 0 Å². The van der Waals surface area contributed by atoms with E-state index >= 15 is 0 Å². The Balaban J connectivity index is 2.46. The molecular formula is C12H14ClF. The zero-order chi connectivity index (χ0) is 10.3. The summed E-state index contributed by atoms with van der Waals surface area (Å²) in [5.74, 6) is 0.817. The Morgan fingerprint density at radius 2 is 2.07 bits per heavy atom. The summed E-state index contributed by atoms with van der Waals surface area (Å²) in [6, 6.07) is 4.96. The number of rotatable bonds is 0. The molecular weight excluding hydrogens is 199 g/mol. The average Bonchev–Trinajstić information content (AvgIpc) is 2.16. The molecule has 2 rings (SSSR count). The van der Waals surface area contributed by atoms with E-state index < -0.39 is 0 Å². The van der Waals surface area contributed by atoms with Gasteiger partial charge in [-0.15, -0.1) is 11.6 Å². The van der Waals surface area contributed by atoms with E-state index in [0.29, 0.717) is 11.8 Å². The summed E-state index contributed by atoms with van der Waals surface area (Å²) in [4.78, 5) is 0. The molecule has 1 aliphatic rings. The van der Waals surface area contributed by atoms with Gasteiger partial charge in [-0.1, -0.05) is 19.9 Å². The van der Waals surface area contributed by atoms with Crippen LogP contribution in [0, 0.1) is 17.7 Å². The molecule has 0 N–H and O–H groups in total. The number of halogens is 2. The van der Waals surface area contributed by atoms with Crippen LogP contribution in [0.2, 0.25) is 0 Å². The molecule has 76 valence electrons. The highest BCUT2D eigenvalue weighted by atomic mass is 35.5. The molecule has 0 saturated carbocycles. The van der Waals surface area contributed by atoms with Crippen molar-refractivity contribution in [2.24, 2.45) is 11.8 Å². The van der Waals surface area contributed by atoms with E-state index in [9.17, 15) is 4.39 Å². The van der Waals surface area contributed by atoms with Crippen molar-refractivity contribution >= 4 is 11.6 Å². The lowest BCUT2D eigenvalue weighted by atomic mass is 9.77. The van der Waals surface area contributed by atoms with E-state index in [1.54, 1.807) is 6.07 Å². The Bertz CT molecular complexity index is 348. The van der Waals surface area contributed by atoms with Crippen LogP contribution in [0.15, 0.2) is 18.2 Å². The summed E-state index contributed by atoms with van der Waals surface area (Å²) in [6.45, 7) is 4.34. The lowest BCUT2D eigenvalue weighted by molar-refractivity contribution is 0.350. The topological polar surface area (TPSA) is 0 Å². The van der Waals surface area contributed by atoms with Gasteiger partial charge in [0.15, 0.2) is 0 Å². The second-order valence-electron chi connectivity index (χ2n) is 4.29. The van der Waals surface area contributed by atoms with Gasteiger partial charge in [-0.2, -0.15) is 0 Å². The zero-order valence-electron chi connectivity index (χ0n) is 8.43. The molecule has 0 radical (unpaired) electrons. The molecule has 0 amide bonds. The Kier molecular flexibility index (Phi) is 2.52. The lowest BCUT2D eigenvalue weighted by Gasteiger charge is -2.32. The number of hydrogen-bond acceptors (Lipinski definition) is 0. The van der Waals surface area contributed by atoms with E-state index in [1.807, 2.05) is 6.07 Å². The van der Waals surface area contributed by atoms with Gasteiger partial charge in [0.25, 0.3) is 0 Å². The SMILES string of the molecule is CC1Cc2ccc(F)cc2C(Cl)C1C. The molecule has 1 aromatic rings. The van der Waals surface area contributed by atoms with Crippen molar-refractivity contribution in [3.05, 3.63) is 35.1 Å². The third-order valence-electron chi connectivity index (χ3n) is 3.31. The largest absolute Gasteiger partial charge is 0.207 e. The molecule has 3 atom stereocenters. The Hall–Kier alpha value is -0.560. The number of alkyl halides is 1. The Morgan fingerprint density at radius 1 is 1.36 bits per heavy atom. The molecule has 0 spiro atoms. The summed E-state index contributed by atoms with van der Waals surface area (Å²) in [6.07, 6.45) is 1.01. The van der Waals surface area contributed by atoms with Crippen LogP contribution in [0.5, 0.6) is 0 Å². The van der Waals surface area contributed by atoms with E-state index in [1.165, 1.54) is 11.6 Å². The fraction of sp³-hybridized carbons (Fsp3) is 0.500. The zero-order valence-corrected chi connectivity index (χ0v) is 9.18. The molecule has 0 heterocycles. The predicted molar refractivity (Wildman–Crippen MR) is 57.0 cm³/mol. The molecule has 1 aromatic carbocycles. The first-order chi connectivity index (χ1) is 6.59. The van der Waals surface area contributed by atoms with Crippen LogP contribution in [0.3, 0.4) is 0 Å². The molecule has 0 bridgehead atoms. The van der Waals surface area contributed by atoms with Crippen LogP contribution in [0.25, 0.3) is 0 Å². The second-order valence-corrected chi connectivity index (χ2v) is 4.76. The van der Waals surface area contributed by atoms with E-state index in [0.717, 1.165) is 12.0 Å². The van der Waals surface area contributed by atoms with Crippen molar-refractivity contribution in [1.29, 1.82) is 0 Å². The van der Waals surface area contributed by atoms with Gasteiger partial charge in [-0.25, -0.2) is 4.39 Å². The van der Waals surface area contributed by atoms with Crippen molar-refractivity contribution in [2.45, 2.75) is 25.6 Å². The number of fused-ring (bicyclic) bond motifs is 1. The summed E-state index contributed by atoms with van der Waals surface area (Å²) in [5.41, 5.74) is 2.19. The van der Waals surface area contributed by atoms with Crippen LogP contribution < -0.4 is 0 Å². The van der Waals surface area contributed by atoms with E-state index in [-0.39, 0.29) is 11.2 Å². The van der Waals surface area contributed by atoms with Crippen molar-refractivity contribution in [3.8, 4) is 0 Å². The van der Waals surface area contributed by atoms with Crippen LogP contribution in [-0.2, 0) is 6.42 Å². The highest BCUT2D eigenvalue weighted by Crippen LogP contribution is 2.41. The molecule has 2 heteroatoms. The van der Waals surface area contributed by atoms with Crippen molar-refractivity contribution in [1.82, 2.24) is 0 Å². The highest BCUT2D eigenvalue weighted by molar-refractivity contribution is 6.21. The predicted octanol–water partition coefficient (Wildman–Crippen LogP) is 3.93. The summed E-state index contributed by atoms with van der Waals surface area (Å²) >= 11 is 6.30. The highest BCUT2D eigenvalue weighted by Gasteiger charge is 2.30. The quantitative estimate of drug-likeness (QED) is 0.572. The third-order valence-corrected chi connectivity index (χ3v) is 3.94. The first-order valence-corrected chi connectivity index (χ1v) is 5.45. The second kappa shape index (κ2) is 3.54.